The van der Waals surface area contributed by atoms with E-state index in [1.165, 1.54) is 0 Å². The predicted molar refractivity (Wildman–Crippen MR) is 87.8 cm³/mol. The van der Waals surface area contributed by atoms with Crippen LogP contribution in [0.1, 0.15) is 0 Å². The second-order valence-electron chi connectivity index (χ2n) is 9.83. The summed E-state index contributed by atoms with van der Waals surface area (Å²) < 4.78 is 466. The van der Waals surface area contributed by atoms with Gasteiger partial charge in [0.05, 0.1) is 0 Å². The van der Waals surface area contributed by atoms with Gasteiger partial charge in [0.15, 0.2) is 0 Å². The quantitative estimate of drug-likeness (QED) is 0.168. The van der Waals surface area contributed by atoms with Crippen molar-refractivity contribution in [3.05, 3.63) is 11.1 Å². The summed E-state index contributed by atoms with van der Waals surface area (Å²) in [6, 6.07) is 0. The van der Waals surface area contributed by atoms with Gasteiger partial charge in [0.2, 0.25) is 0 Å². The summed E-state index contributed by atoms with van der Waals surface area (Å²) in [5.74, 6) is -78.1. The Hall–Kier alpha value is -2.64. The standard InChI is InChI=1S/C18F34/c19-5(20)1(3(13(35,36)37,14(38,39)40)7(23,24)9(27,28)11(31,32)17(47,48)49)2(6(5,21)22)4(15(41,42)43,16(44,45)46)8(25,26)10(29,30)12(33,34)18(50,51)52. The van der Waals surface area contributed by atoms with E-state index in [9.17, 15) is 149 Å². The number of hydrogen-bond acceptors (Lipinski definition) is 0. The minimum atomic E-state index is -10.5. The molecular weight excluding hydrogens is 862 g/mol. The highest BCUT2D eigenvalue weighted by molar-refractivity contribution is 5.57. The van der Waals surface area contributed by atoms with Crippen molar-refractivity contribution in [1.82, 2.24) is 0 Å². The fourth-order valence-electron chi connectivity index (χ4n) is 4.55. The zero-order valence-electron chi connectivity index (χ0n) is 21.9. The number of rotatable bonds is 8. The first-order valence-electron chi connectivity index (χ1n) is 10.9. The molecule has 0 saturated carbocycles. The second-order valence-corrected chi connectivity index (χ2v) is 9.83. The van der Waals surface area contributed by atoms with Gasteiger partial charge in [-0.25, -0.2) is 0 Å². The Kier molecular flexibility index (Phi) is 10.0. The largest absolute Gasteiger partial charge is 0.460 e. The molecule has 1 aliphatic rings. The molecule has 34 heteroatoms. The summed E-state index contributed by atoms with van der Waals surface area (Å²) >= 11 is 0. The molecule has 0 heterocycles. The number of hydrogen-bond donors (Lipinski definition) is 0. The van der Waals surface area contributed by atoms with Gasteiger partial charge in [-0.1, -0.05) is 0 Å². The summed E-state index contributed by atoms with van der Waals surface area (Å²) in [6.07, 6.45) is -57.2. The van der Waals surface area contributed by atoms with E-state index in [4.69, 9.17) is 0 Å². The Morgan fingerprint density at radius 3 is 0.481 bits per heavy atom. The summed E-state index contributed by atoms with van der Waals surface area (Å²) in [5, 5.41) is 0. The fraction of sp³-hybridized carbons (Fsp3) is 0.889. The lowest BCUT2D eigenvalue weighted by molar-refractivity contribution is -0.478. The van der Waals surface area contributed by atoms with Gasteiger partial charge in [-0.15, -0.1) is 0 Å². The smallest absolute Gasteiger partial charge is 0.198 e. The van der Waals surface area contributed by atoms with Gasteiger partial charge in [-0.3, -0.25) is 0 Å². The van der Waals surface area contributed by atoms with Crippen molar-refractivity contribution >= 4 is 0 Å². The van der Waals surface area contributed by atoms with Crippen LogP contribution in [0.3, 0.4) is 0 Å². The Labute approximate surface area is 257 Å². The molecule has 0 amide bonds. The van der Waals surface area contributed by atoms with Gasteiger partial charge >= 0.3 is 84.4 Å². The van der Waals surface area contributed by atoms with Crippen LogP contribution in [-0.4, -0.2) is 84.4 Å². The van der Waals surface area contributed by atoms with Crippen LogP contribution in [0.25, 0.3) is 0 Å². The molecule has 0 N–H and O–H groups in total. The monoisotopic (exact) mass is 862 g/mol. The van der Waals surface area contributed by atoms with E-state index in [2.05, 4.69) is 0 Å². The molecule has 52 heavy (non-hydrogen) atoms. The van der Waals surface area contributed by atoms with Gasteiger partial charge in [-0.05, 0) is 0 Å². The average Bonchev–Trinajstić information content (AvgIpc) is 2.80. The molecule has 0 aromatic carbocycles. The Morgan fingerprint density at radius 1 is 0.212 bits per heavy atom. The molecule has 0 fully saturated rings. The molecule has 0 aromatic rings. The molecule has 0 radical (unpaired) electrons. The van der Waals surface area contributed by atoms with E-state index in [-0.39, 0.29) is 0 Å². The van der Waals surface area contributed by atoms with Crippen LogP contribution < -0.4 is 0 Å². The molecule has 1 aliphatic carbocycles. The molecule has 0 unspecified atom stereocenters. The molecule has 310 valence electrons. The van der Waals surface area contributed by atoms with Crippen LogP contribution in [0.4, 0.5) is 149 Å². The van der Waals surface area contributed by atoms with E-state index in [1.54, 1.807) is 0 Å². The van der Waals surface area contributed by atoms with Gasteiger partial charge in [-0.2, -0.15) is 149 Å². The third-order valence-corrected chi connectivity index (χ3v) is 6.95. The minimum absolute atomic E-state index is 7.27. The molecule has 0 nitrogen and oxygen atoms in total. The fourth-order valence-corrected chi connectivity index (χ4v) is 4.55. The maximum Gasteiger partial charge on any atom is 0.460 e. The van der Waals surface area contributed by atoms with E-state index < -0.39 is 106 Å². The normalized spacial score (nSPS) is 20.0. The highest BCUT2D eigenvalue weighted by Crippen LogP contribution is 2.82. The van der Waals surface area contributed by atoms with Crippen LogP contribution in [0.15, 0.2) is 11.1 Å². The van der Waals surface area contributed by atoms with Crippen LogP contribution in [0, 0.1) is 10.8 Å². The third kappa shape index (κ3) is 5.02. The second kappa shape index (κ2) is 11.0. The van der Waals surface area contributed by atoms with E-state index >= 15 is 0 Å². The minimum Gasteiger partial charge on any atom is -0.198 e. The summed E-state index contributed by atoms with van der Waals surface area (Å²) in [6.45, 7) is 0. The Bertz CT molecular complexity index is 1260. The maximum atomic E-state index is 14.7. The highest BCUT2D eigenvalue weighted by atomic mass is 19.5. The Balaban J connectivity index is 5.38. The van der Waals surface area contributed by atoms with Crippen molar-refractivity contribution < 1.29 is 149 Å². The lowest BCUT2D eigenvalue weighted by atomic mass is 9.52. The van der Waals surface area contributed by atoms with Crippen molar-refractivity contribution in [3.8, 4) is 0 Å². The van der Waals surface area contributed by atoms with Crippen LogP contribution in [-0.2, 0) is 0 Å². The molecule has 0 spiro atoms. The van der Waals surface area contributed by atoms with E-state index in [1.807, 2.05) is 0 Å². The lowest BCUT2D eigenvalue weighted by Gasteiger charge is -2.58. The summed E-state index contributed by atoms with van der Waals surface area (Å²) in [7, 11) is 0. The van der Waals surface area contributed by atoms with Gasteiger partial charge in [0.25, 0.3) is 10.8 Å². The molecule has 0 saturated heterocycles. The molecule has 0 bridgehead atoms. The van der Waals surface area contributed by atoms with Crippen molar-refractivity contribution in [2.24, 2.45) is 10.8 Å². The van der Waals surface area contributed by atoms with Crippen LogP contribution >= 0.6 is 0 Å². The molecule has 1 rings (SSSR count). The number of halogens is 34. The first-order valence-corrected chi connectivity index (χ1v) is 10.9. The average molecular weight is 862 g/mol. The van der Waals surface area contributed by atoms with Crippen LogP contribution in [0.2, 0.25) is 0 Å². The topological polar surface area (TPSA) is 0 Å². The lowest BCUT2D eigenvalue weighted by Crippen LogP contribution is -2.81. The van der Waals surface area contributed by atoms with Gasteiger partial charge in [0, 0.05) is 11.1 Å². The Morgan fingerprint density at radius 2 is 0.365 bits per heavy atom. The van der Waals surface area contributed by atoms with Crippen molar-refractivity contribution in [3.63, 3.8) is 0 Å². The summed E-state index contributed by atoms with van der Waals surface area (Å²) in [5.41, 5.74) is -35.5. The van der Waals surface area contributed by atoms with Gasteiger partial charge in [0.1, 0.15) is 0 Å². The zero-order valence-corrected chi connectivity index (χ0v) is 21.9. The van der Waals surface area contributed by atoms with Crippen LogP contribution in [0.5, 0.6) is 0 Å². The predicted octanol–water partition coefficient (Wildman–Crippen LogP) is 11.7. The third-order valence-electron chi connectivity index (χ3n) is 6.95. The van der Waals surface area contributed by atoms with E-state index in [0.717, 1.165) is 0 Å². The first-order chi connectivity index (χ1) is 21.7. The first kappa shape index (κ1) is 47.4. The van der Waals surface area contributed by atoms with Crippen molar-refractivity contribution in [2.75, 3.05) is 0 Å². The van der Waals surface area contributed by atoms with Crippen molar-refractivity contribution in [2.45, 2.75) is 84.4 Å². The molecule has 0 aromatic heterocycles. The number of allylic oxidation sites excluding steroid dienone is 2. The van der Waals surface area contributed by atoms with Crippen molar-refractivity contribution in [1.29, 1.82) is 0 Å². The van der Waals surface area contributed by atoms with Gasteiger partial charge < -0.3 is 0 Å². The molecule has 0 aliphatic heterocycles. The van der Waals surface area contributed by atoms with E-state index in [0.29, 0.717) is 0 Å². The number of alkyl halides is 34. The SMILES string of the molecule is FC(F)(F)C(F)(F)C(F)(F)C(F)(F)C(C1=C(C(C(F)(F)F)(C(F)(F)F)C(F)(F)C(F)(F)C(F)(F)C(F)(F)F)C(F)(F)C1(F)F)(C(F)(F)F)C(F)(F)F. The molecule has 0 atom stereocenters. The highest BCUT2D eigenvalue weighted by Gasteiger charge is 3.04. The maximum absolute atomic E-state index is 14.7. The molecular formula is C18F34. The summed E-state index contributed by atoms with van der Waals surface area (Å²) in [4.78, 5) is 0. The zero-order chi connectivity index (χ0) is 43.2.